The molecule has 0 spiro atoms. The van der Waals surface area contributed by atoms with Crippen molar-refractivity contribution in [3.05, 3.63) is 65.7 Å². The van der Waals surface area contributed by atoms with E-state index < -0.39 is 5.97 Å². The van der Waals surface area contributed by atoms with Gasteiger partial charge in [-0.15, -0.1) is 11.8 Å². The summed E-state index contributed by atoms with van der Waals surface area (Å²) in [5.74, 6) is 0.165. The zero-order valence-electron chi connectivity index (χ0n) is 13.7. The van der Waals surface area contributed by atoms with Crippen LogP contribution in [0.25, 0.3) is 0 Å². The summed E-state index contributed by atoms with van der Waals surface area (Å²) in [6.45, 7) is 2.26. The number of amides is 1. The summed E-state index contributed by atoms with van der Waals surface area (Å²) in [6, 6.07) is 17.2. The maximum absolute atomic E-state index is 11.8. The molecule has 5 heteroatoms. The maximum Gasteiger partial charge on any atom is 0.338 e. The van der Waals surface area contributed by atoms with Crippen molar-refractivity contribution in [3.63, 3.8) is 0 Å². The molecule has 0 fully saturated rings. The molecule has 4 nitrogen and oxygen atoms in total. The predicted molar refractivity (Wildman–Crippen MR) is 96.3 cm³/mol. The van der Waals surface area contributed by atoms with Crippen LogP contribution in [0.4, 0.5) is 0 Å². The average Bonchev–Trinajstić information content (AvgIpc) is 2.61. The van der Waals surface area contributed by atoms with Crippen LogP contribution < -0.4 is 5.32 Å². The van der Waals surface area contributed by atoms with Crippen molar-refractivity contribution < 1.29 is 14.3 Å². The molecule has 0 saturated carbocycles. The molecule has 0 aliphatic heterocycles. The van der Waals surface area contributed by atoms with Crippen molar-refractivity contribution in [3.8, 4) is 0 Å². The Bertz CT molecular complexity index is 656. The lowest BCUT2D eigenvalue weighted by Gasteiger charge is -2.07. The SMILES string of the molecule is Cc1ccc(C(=O)OCC(=O)NCCCSc2ccccc2)cc1. The molecule has 1 amide bonds. The zero-order chi connectivity index (χ0) is 17.2. The van der Waals surface area contributed by atoms with Crippen LogP contribution in [0.1, 0.15) is 22.3 Å². The van der Waals surface area contributed by atoms with Crippen molar-refractivity contribution in [2.45, 2.75) is 18.2 Å². The van der Waals surface area contributed by atoms with E-state index in [-0.39, 0.29) is 12.5 Å². The first kappa shape index (κ1) is 18.1. The molecule has 126 valence electrons. The van der Waals surface area contributed by atoms with Gasteiger partial charge in [0.1, 0.15) is 0 Å². The molecule has 1 N–H and O–H groups in total. The molecule has 0 atom stereocenters. The number of carbonyl (C=O) groups excluding carboxylic acids is 2. The highest BCUT2D eigenvalue weighted by Gasteiger charge is 2.09. The van der Waals surface area contributed by atoms with Gasteiger partial charge < -0.3 is 10.1 Å². The van der Waals surface area contributed by atoms with Crippen LogP contribution >= 0.6 is 11.8 Å². The Hall–Kier alpha value is -2.27. The number of hydrogen-bond donors (Lipinski definition) is 1. The van der Waals surface area contributed by atoms with E-state index in [0.717, 1.165) is 17.7 Å². The van der Waals surface area contributed by atoms with E-state index in [1.165, 1.54) is 4.90 Å². The summed E-state index contributed by atoms with van der Waals surface area (Å²) in [5, 5.41) is 2.76. The molecule has 0 unspecified atom stereocenters. The van der Waals surface area contributed by atoms with Gasteiger partial charge in [0, 0.05) is 11.4 Å². The molecule has 2 rings (SSSR count). The first-order chi connectivity index (χ1) is 11.6. The highest BCUT2D eigenvalue weighted by molar-refractivity contribution is 7.99. The lowest BCUT2D eigenvalue weighted by Crippen LogP contribution is -2.29. The van der Waals surface area contributed by atoms with Crippen LogP contribution in [-0.2, 0) is 9.53 Å². The fraction of sp³-hybridized carbons (Fsp3) is 0.263. The van der Waals surface area contributed by atoms with Gasteiger partial charge >= 0.3 is 5.97 Å². The van der Waals surface area contributed by atoms with Gasteiger partial charge in [-0.3, -0.25) is 4.79 Å². The molecule has 24 heavy (non-hydrogen) atoms. The molecule has 2 aromatic rings. The monoisotopic (exact) mass is 343 g/mol. The van der Waals surface area contributed by atoms with Crippen LogP contribution in [0.5, 0.6) is 0 Å². The van der Waals surface area contributed by atoms with Crippen molar-refractivity contribution >= 4 is 23.6 Å². The highest BCUT2D eigenvalue weighted by Crippen LogP contribution is 2.17. The van der Waals surface area contributed by atoms with Gasteiger partial charge in [0.05, 0.1) is 5.56 Å². The van der Waals surface area contributed by atoms with Gasteiger partial charge in [-0.1, -0.05) is 35.9 Å². The number of hydrogen-bond acceptors (Lipinski definition) is 4. The van der Waals surface area contributed by atoms with Gasteiger partial charge in [-0.2, -0.15) is 0 Å². The van der Waals surface area contributed by atoms with E-state index in [4.69, 9.17) is 4.74 Å². The minimum atomic E-state index is -0.482. The summed E-state index contributed by atoms with van der Waals surface area (Å²) < 4.78 is 5.00. The van der Waals surface area contributed by atoms with Gasteiger partial charge in [0.25, 0.3) is 5.91 Å². The first-order valence-corrected chi connectivity index (χ1v) is 8.82. The van der Waals surface area contributed by atoms with Crippen LogP contribution in [0.2, 0.25) is 0 Å². The number of thioether (sulfide) groups is 1. The number of nitrogens with one attached hydrogen (secondary N) is 1. The lowest BCUT2D eigenvalue weighted by atomic mass is 10.1. The Morgan fingerprint density at radius 2 is 1.75 bits per heavy atom. The molecule has 0 saturated heterocycles. The number of esters is 1. The third-order valence-corrected chi connectivity index (χ3v) is 4.38. The third kappa shape index (κ3) is 6.46. The first-order valence-electron chi connectivity index (χ1n) is 7.83. The molecule has 0 bridgehead atoms. The molecular formula is C19H21NO3S. The Labute approximate surface area is 146 Å². The Balaban J connectivity index is 1.58. The standard InChI is InChI=1S/C19H21NO3S/c1-15-8-10-16(11-9-15)19(22)23-14-18(21)20-12-5-13-24-17-6-3-2-4-7-17/h2-4,6-11H,5,12-14H2,1H3,(H,20,21). The van der Waals surface area contributed by atoms with Crippen LogP contribution in [-0.4, -0.2) is 30.8 Å². The van der Waals surface area contributed by atoms with Gasteiger partial charge in [-0.05, 0) is 43.4 Å². The Morgan fingerprint density at radius 1 is 1.04 bits per heavy atom. The minimum absolute atomic E-state index is 0.251. The van der Waals surface area contributed by atoms with E-state index in [0.29, 0.717) is 12.1 Å². The van der Waals surface area contributed by atoms with E-state index in [1.807, 2.05) is 37.3 Å². The number of rotatable bonds is 8. The Morgan fingerprint density at radius 3 is 2.46 bits per heavy atom. The maximum atomic E-state index is 11.8. The largest absolute Gasteiger partial charge is 0.452 e. The van der Waals surface area contributed by atoms with Gasteiger partial charge in [0.15, 0.2) is 6.61 Å². The summed E-state index contributed by atoms with van der Waals surface area (Å²) in [5.41, 5.74) is 1.52. The van der Waals surface area contributed by atoms with Crippen LogP contribution in [0.3, 0.4) is 0 Å². The predicted octanol–water partition coefficient (Wildman–Crippen LogP) is 3.45. The summed E-state index contributed by atoms with van der Waals surface area (Å²) in [4.78, 5) is 24.7. The second-order valence-corrected chi connectivity index (χ2v) is 6.48. The molecular weight excluding hydrogens is 322 g/mol. The van der Waals surface area contributed by atoms with Crippen molar-refractivity contribution in [1.82, 2.24) is 5.32 Å². The second-order valence-electron chi connectivity index (χ2n) is 5.31. The molecule has 0 aliphatic rings. The topological polar surface area (TPSA) is 55.4 Å². The fourth-order valence-corrected chi connectivity index (χ4v) is 2.84. The van der Waals surface area contributed by atoms with E-state index >= 15 is 0 Å². The number of aryl methyl sites for hydroxylation is 1. The zero-order valence-corrected chi connectivity index (χ0v) is 14.5. The van der Waals surface area contributed by atoms with E-state index in [1.54, 1.807) is 23.9 Å². The third-order valence-electron chi connectivity index (χ3n) is 3.28. The van der Waals surface area contributed by atoms with Crippen LogP contribution in [0, 0.1) is 6.92 Å². The van der Waals surface area contributed by atoms with E-state index in [2.05, 4.69) is 17.4 Å². The van der Waals surface area contributed by atoms with E-state index in [9.17, 15) is 9.59 Å². The Kier molecular flexibility index (Phi) is 7.36. The molecule has 2 aromatic carbocycles. The lowest BCUT2D eigenvalue weighted by molar-refractivity contribution is -0.124. The van der Waals surface area contributed by atoms with Crippen molar-refractivity contribution in [2.75, 3.05) is 18.9 Å². The summed E-state index contributed by atoms with van der Waals surface area (Å²) in [7, 11) is 0. The minimum Gasteiger partial charge on any atom is -0.452 e. The average molecular weight is 343 g/mol. The van der Waals surface area contributed by atoms with Gasteiger partial charge in [0.2, 0.25) is 0 Å². The number of benzene rings is 2. The normalized spacial score (nSPS) is 10.2. The smallest absolute Gasteiger partial charge is 0.338 e. The molecule has 0 radical (unpaired) electrons. The number of carbonyl (C=O) groups is 2. The number of ether oxygens (including phenoxy) is 1. The summed E-state index contributed by atoms with van der Waals surface area (Å²) >= 11 is 1.75. The second kappa shape index (κ2) is 9.78. The molecule has 0 heterocycles. The van der Waals surface area contributed by atoms with Crippen molar-refractivity contribution in [2.24, 2.45) is 0 Å². The summed E-state index contributed by atoms with van der Waals surface area (Å²) in [6.07, 6.45) is 0.858. The molecule has 0 aliphatic carbocycles. The quantitative estimate of drug-likeness (QED) is 0.453. The van der Waals surface area contributed by atoms with Crippen LogP contribution in [0.15, 0.2) is 59.5 Å². The van der Waals surface area contributed by atoms with Gasteiger partial charge in [-0.25, -0.2) is 4.79 Å². The highest BCUT2D eigenvalue weighted by atomic mass is 32.2. The van der Waals surface area contributed by atoms with Crippen molar-refractivity contribution in [1.29, 1.82) is 0 Å². The fourth-order valence-electron chi connectivity index (χ4n) is 1.96. The molecule has 0 aromatic heterocycles.